The molecule has 0 amide bonds. The van der Waals surface area contributed by atoms with Gasteiger partial charge in [0, 0.05) is 5.41 Å². The molecular formula is C14H22O2. The second kappa shape index (κ2) is 3.11. The standard InChI is InChI=1S/C14H22O2/c1-9-8-15-14(4,16-9)13(3)10(2)11-5-6-12(13)7-11/h5-6,9-12H,7-8H2,1-4H3. The molecule has 2 nitrogen and oxygen atoms in total. The van der Waals surface area contributed by atoms with Gasteiger partial charge in [-0.3, -0.25) is 0 Å². The van der Waals surface area contributed by atoms with Crippen LogP contribution in [0.5, 0.6) is 0 Å². The molecule has 0 spiro atoms. The minimum atomic E-state index is -0.393. The minimum absolute atomic E-state index is 0.136. The Balaban J connectivity index is 1.96. The van der Waals surface area contributed by atoms with E-state index < -0.39 is 5.79 Å². The maximum absolute atomic E-state index is 6.10. The van der Waals surface area contributed by atoms with Crippen LogP contribution in [0.25, 0.3) is 0 Å². The van der Waals surface area contributed by atoms with Crippen LogP contribution in [0.3, 0.4) is 0 Å². The van der Waals surface area contributed by atoms with Crippen LogP contribution >= 0.6 is 0 Å². The number of allylic oxidation sites excluding steroid dienone is 2. The second-order valence-corrected chi connectivity index (χ2v) is 6.15. The van der Waals surface area contributed by atoms with Crippen molar-refractivity contribution in [1.29, 1.82) is 0 Å². The molecule has 1 saturated carbocycles. The Labute approximate surface area is 98.0 Å². The summed E-state index contributed by atoms with van der Waals surface area (Å²) in [4.78, 5) is 0. The van der Waals surface area contributed by atoms with Gasteiger partial charge in [-0.05, 0) is 38.0 Å². The van der Waals surface area contributed by atoms with E-state index in [-0.39, 0.29) is 11.5 Å². The van der Waals surface area contributed by atoms with Crippen molar-refractivity contribution in [3.05, 3.63) is 12.2 Å². The van der Waals surface area contributed by atoms with E-state index in [0.29, 0.717) is 11.8 Å². The molecule has 0 aromatic heterocycles. The first-order chi connectivity index (χ1) is 7.47. The molecule has 0 radical (unpaired) electrons. The van der Waals surface area contributed by atoms with E-state index in [1.165, 1.54) is 6.42 Å². The van der Waals surface area contributed by atoms with Gasteiger partial charge in [0.15, 0.2) is 5.79 Å². The highest BCUT2D eigenvalue weighted by atomic mass is 16.7. The summed E-state index contributed by atoms with van der Waals surface area (Å²) in [6.07, 6.45) is 6.29. The number of rotatable bonds is 1. The molecule has 1 heterocycles. The molecule has 90 valence electrons. The van der Waals surface area contributed by atoms with Crippen molar-refractivity contribution < 1.29 is 9.47 Å². The monoisotopic (exact) mass is 222 g/mol. The van der Waals surface area contributed by atoms with E-state index in [2.05, 4.69) is 39.8 Å². The summed E-state index contributed by atoms with van der Waals surface area (Å²) >= 11 is 0. The topological polar surface area (TPSA) is 18.5 Å². The number of hydrogen-bond donors (Lipinski definition) is 0. The molecule has 2 heteroatoms. The Kier molecular flexibility index (Phi) is 2.10. The Morgan fingerprint density at radius 3 is 2.44 bits per heavy atom. The Morgan fingerprint density at radius 2 is 1.94 bits per heavy atom. The molecule has 3 aliphatic rings. The fourth-order valence-electron chi connectivity index (χ4n) is 4.09. The summed E-state index contributed by atoms with van der Waals surface area (Å²) in [5, 5.41) is 0. The lowest BCUT2D eigenvalue weighted by Gasteiger charge is -2.47. The van der Waals surface area contributed by atoms with Gasteiger partial charge < -0.3 is 9.47 Å². The highest BCUT2D eigenvalue weighted by Crippen LogP contribution is 2.62. The van der Waals surface area contributed by atoms with Gasteiger partial charge in [-0.1, -0.05) is 26.0 Å². The van der Waals surface area contributed by atoms with Crippen molar-refractivity contribution in [3.63, 3.8) is 0 Å². The third kappa shape index (κ3) is 1.10. The van der Waals surface area contributed by atoms with Gasteiger partial charge in [0.2, 0.25) is 0 Å². The van der Waals surface area contributed by atoms with Crippen LogP contribution in [-0.2, 0) is 9.47 Å². The molecule has 2 bridgehead atoms. The SMILES string of the molecule is CC1COC(C)(C2(C)C3C=CC(C3)C2C)O1. The first kappa shape index (κ1) is 10.8. The van der Waals surface area contributed by atoms with Gasteiger partial charge in [0.25, 0.3) is 0 Å². The number of ether oxygens (including phenoxy) is 2. The molecule has 3 rings (SSSR count). The summed E-state index contributed by atoms with van der Waals surface area (Å²) in [7, 11) is 0. The minimum Gasteiger partial charge on any atom is -0.347 e. The fourth-order valence-corrected chi connectivity index (χ4v) is 4.09. The second-order valence-electron chi connectivity index (χ2n) is 6.15. The predicted octanol–water partition coefficient (Wildman–Crippen LogP) is 2.99. The molecule has 6 unspecified atom stereocenters. The van der Waals surface area contributed by atoms with Crippen molar-refractivity contribution in [3.8, 4) is 0 Å². The molecular weight excluding hydrogens is 200 g/mol. The summed E-state index contributed by atoms with van der Waals surface area (Å²) in [6, 6.07) is 0. The third-order valence-corrected chi connectivity index (χ3v) is 5.47. The van der Waals surface area contributed by atoms with E-state index >= 15 is 0 Å². The van der Waals surface area contributed by atoms with E-state index in [4.69, 9.17) is 9.47 Å². The molecule has 2 fully saturated rings. The fraction of sp³-hybridized carbons (Fsp3) is 0.857. The average Bonchev–Trinajstić information content (AvgIpc) is 2.88. The lowest BCUT2D eigenvalue weighted by atomic mass is 9.65. The van der Waals surface area contributed by atoms with Gasteiger partial charge in [-0.2, -0.15) is 0 Å². The van der Waals surface area contributed by atoms with Gasteiger partial charge in [-0.25, -0.2) is 0 Å². The Bertz CT molecular complexity index is 338. The van der Waals surface area contributed by atoms with E-state index in [1.54, 1.807) is 0 Å². The van der Waals surface area contributed by atoms with Gasteiger partial charge in [0.05, 0.1) is 12.7 Å². The quantitative estimate of drug-likeness (QED) is 0.635. The lowest BCUT2D eigenvalue weighted by molar-refractivity contribution is -0.247. The first-order valence-electron chi connectivity index (χ1n) is 6.47. The number of hydrogen-bond acceptors (Lipinski definition) is 2. The molecule has 1 aliphatic heterocycles. The normalized spacial score (nSPS) is 59.8. The average molecular weight is 222 g/mol. The van der Waals surface area contributed by atoms with Gasteiger partial charge in [-0.15, -0.1) is 0 Å². The number of fused-ring (bicyclic) bond motifs is 2. The summed E-state index contributed by atoms with van der Waals surface area (Å²) in [5.74, 6) is 1.62. The molecule has 0 aromatic carbocycles. The summed E-state index contributed by atoms with van der Waals surface area (Å²) in [6.45, 7) is 9.68. The highest BCUT2D eigenvalue weighted by molar-refractivity contribution is 5.20. The third-order valence-electron chi connectivity index (χ3n) is 5.47. The Morgan fingerprint density at radius 1 is 1.19 bits per heavy atom. The maximum Gasteiger partial charge on any atom is 0.172 e. The summed E-state index contributed by atoms with van der Waals surface area (Å²) in [5.41, 5.74) is 0.136. The zero-order valence-electron chi connectivity index (χ0n) is 10.7. The van der Waals surface area contributed by atoms with Crippen LogP contribution in [0.4, 0.5) is 0 Å². The molecule has 1 saturated heterocycles. The van der Waals surface area contributed by atoms with E-state index in [0.717, 1.165) is 12.5 Å². The van der Waals surface area contributed by atoms with Crippen LogP contribution in [-0.4, -0.2) is 18.5 Å². The van der Waals surface area contributed by atoms with Crippen molar-refractivity contribution in [2.24, 2.45) is 23.2 Å². The maximum atomic E-state index is 6.10. The molecule has 0 aromatic rings. The Hall–Kier alpha value is -0.340. The summed E-state index contributed by atoms with van der Waals surface area (Å²) < 4.78 is 12.1. The van der Waals surface area contributed by atoms with Crippen molar-refractivity contribution >= 4 is 0 Å². The zero-order chi connectivity index (χ0) is 11.6. The van der Waals surface area contributed by atoms with Gasteiger partial charge in [0.1, 0.15) is 0 Å². The van der Waals surface area contributed by atoms with Crippen LogP contribution in [0, 0.1) is 23.2 Å². The highest BCUT2D eigenvalue weighted by Gasteiger charge is 2.63. The zero-order valence-corrected chi connectivity index (χ0v) is 10.7. The largest absolute Gasteiger partial charge is 0.347 e. The van der Waals surface area contributed by atoms with Crippen LogP contribution < -0.4 is 0 Å². The van der Waals surface area contributed by atoms with Crippen molar-refractivity contribution in [2.75, 3.05) is 6.61 Å². The molecule has 6 atom stereocenters. The predicted molar refractivity (Wildman–Crippen MR) is 62.9 cm³/mol. The molecule has 0 N–H and O–H groups in total. The molecule has 2 aliphatic carbocycles. The lowest BCUT2D eigenvalue weighted by Crippen LogP contribution is -2.51. The van der Waals surface area contributed by atoms with Crippen LogP contribution in [0.2, 0.25) is 0 Å². The first-order valence-corrected chi connectivity index (χ1v) is 6.47. The molecule has 16 heavy (non-hydrogen) atoms. The van der Waals surface area contributed by atoms with Crippen LogP contribution in [0.1, 0.15) is 34.1 Å². The van der Waals surface area contributed by atoms with E-state index in [9.17, 15) is 0 Å². The van der Waals surface area contributed by atoms with Crippen molar-refractivity contribution in [2.45, 2.75) is 46.0 Å². The van der Waals surface area contributed by atoms with Crippen LogP contribution in [0.15, 0.2) is 12.2 Å². The van der Waals surface area contributed by atoms with Crippen molar-refractivity contribution in [1.82, 2.24) is 0 Å². The van der Waals surface area contributed by atoms with E-state index in [1.807, 2.05) is 0 Å². The smallest absolute Gasteiger partial charge is 0.172 e. The van der Waals surface area contributed by atoms with Gasteiger partial charge >= 0.3 is 0 Å².